The van der Waals surface area contributed by atoms with Crippen molar-refractivity contribution in [1.29, 1.82) is 0 Å². The Balaban J connectivity index is 2.60. The van der Waals surface area contributed by atoms with Crippen molar-refractivity contribution in [1.82, 2.24) is 9.88 Å². The van der Waals surface area contributed by atoms with Gasteiger partial charge in [0.2, 0.25) is 5.91 Å². The SMILES string of the molecule is CCCC(=O)N(CCC(=O)OCC)Cc1ccccn1. The van der Waals surface area contributed by atoms with Gasteiger partial charge in [-0.05, 0) is 25.5 Å². The molecule has 0 aliphatic carbocycles. The summed E-state index contributed by atoms with van der Waals surface area (Å²) in [5.74, 6) is -0.231. The molecule has 0 radical (unpaired) electrons. The van der Waals surface area contributed by atoms with Crippen molar-refractivity contribution < 1.29 is 14.3 Å². The van der Waals surface area contributed by atoms with Gasteiger partial charge < -0.3 is 9.64 Å². The van der Waals surface area contributed by atoms with Crippen molar-refractivity contribution in [3.8, 4) is 0 Å². The first kappa shape index (κ1) is 16.1. The maximum Gasteiger partial charge on any atom is 0.307 e. The van der Waals surface area contributed by atoms with Crippen molar-refractivity contribution in [3.63, 3.8) is 0 Å². The van der Waals surface area contributed by atoms with E-state index in [1.54, 1.807) is 18.0 Å². The lowest BCUT2D eigenvalue weighted by molar-refractivity contribution is -0.144. The maximum absolute atomic E-state index is 12.1. The van der Waals surface area contributed by atoms with Gasteiger partial charge in [0.1, 0.15) is 0 Å². The minimum Gasteiger partial charge on any atom is -0.466 e. The predicted octanol–water partition coefficient (Wildman–Crippen LogP) is 2.16. The number of hydrogen-bond acceptors (Lipinski definition) is 4. The number of nitrogens with zero attached hydrogens (tertiary/aromatic N) is 2. The summed E-state index contributed by atoms with van der Waals surface area (Å²) in [6.07, 6.45) is 3.19. The average molecular weight is 278 g/mol. The van der Waals surface area contributed by atoms with Gasteiger partial charge in [0, 0.05) is 19.2 Å². The van der Waals surface area contributed by atoms with E-state index in [0.717, 1.165) is 12.1 Å². The number of carbonyl (C=O) groups excluding carboxylic acids is 2. The fraction of sp³-hybridized carbons (Fsp3) is 0.533. The van der Waals surface area contributed by atoms with Crippen LogP contribution < -0.4 is 0 Å². The molecule has 0 saturated heterocycles. The third kappa shape index (κ3) is 5.82. The monoisotopic (exact) mass is 278 g/mol. The van der Waals surface area contributed by atoms with E-state index in [1.165, 1.54) is 0 Å². The molecule has 0 saturated carbocycles. The molecular formula is C15H22N2O3. The predicted molar refractivity (Wildman–Crippen MR) is 75.8 cm³/mol. The van der Waals surface area contributed by atoms with E-state index in [9.17, 15) is 9.59 Å². The van der Waals surface area contributed by atoms with Crippen LogP contribution in [0, 0.1) is 0 Å². The second-order valence-corrected chi connectivity index (χ2v) is 4.44. The van der Waals surface area contributed by atoms with Gasteiger partial charge in [-0.3, -0.25) is 14.6 Å². The van der Waals surface area contributed by atoms with E-state index < -0.39 is 0 Å². The van der Waals surface area contributed by atoms with Crippen LogP contribution in [0.4, 0.5) is 0 Å². The zero-order valence-corrected chi connectivity index (χ0v) is 12.2. The molecule has 1 amide bonds. The van der Waals surface area contributed by atoms with Gasteiger partial charge in [0.25, 0.3) is 0 Å². The van der Waals surface area contributed by atoms with Crippen LogP contribution in [0.1, 0.15) is 38.8 Å². The van der Waals surface area contributed by atoms with Gasteiger partial charge in [0.05, 0.1) is 25.3 Å². The lowest BCUT2D eigenvalue weighted by Crippen LogP contribution is -2.32. The molecule has 0 aromatic carbocycles. The van der Waals surface area contributed by atoms with Gasteiger partial charge in [-0.15, -0.1) is 0 Å². The van der Waals surface area contributed by atoms with Gasteiger partial charge in [-0.1, -0.05) is 13.0 Å². The fourth-order valence-corrected chi connectivity index (χ4v) is 1.81. The molecule has 1 heterocycles. The van der Waals surface area contributed by atoms with Crippen LogP contribution >= 0.6 is 0 Å². The molecule has 110 valence electrons. The Morgan fingerprint density at radius 2 is 2.05 bits per heavy atom. The molecule has 0 N–H and O–H groups in total. The number of pyridine rings is 1. The molecule has 0 spiro atoms. The molecule has 0 aliphatic rings. The zero-order valence-electron chi connectivity index (χ0n) is 12.2. The molecule has 1 aromatic heterocycles. The third-order valence-corrected chi connectivity index (χ3v) is 2.79. The van der Waals surface area contributed by atoms with Crippen molar-refractivity contribution in [2.24, 2.45) is 0 Å². The normalized spacial score (nSPS) is 10.1. The first-order valence-electron chi connectivity index (χ1n) is 7.00. The number of amides is 1. The zero-order chi connectivity index (χ0) is 14.8. The number of aromatic nitrogens is 1. The summed E-state index contributed by atoms with van der Waals surface area (Å²) in [5.41, 5.74) is 0.820. The largest absolute Gasteiger partial charge is 0.466 e. The number of hydrogen-bond donors (Lipinski definition) is 0. The highest BCUT2D eigenvalue weighted by Gasteiger charge is 2.15. The van der Waals surface area contributed by atoms with Gasteiger partial charge in [-0.25, -0.2) is 0 Å². The Labute approximate surface area is 119 Å². The van der Waals surface area contributed by atoms with Crippen LogP contribution in [0.15, 0.2) is 24.4 Å². The first-order chi connectivity index (χ1) is 9.67. The Morgan fingerprint density at radius 3 is 2.65 bits per heavy atom. The van der Waals surface area contributed by atoms with Crippen molar-refractivity contribution in [2.75, 3.05) is 13.2 Å². The minimum absolute atomic E-state index is 0.0439. The molecule has 0 fully saturated rings. The van der Waals surface area contributed by atoms with E-state index in [1.807, 2.05) is 25.1 Å². The number of carbonyl (C=O) groups is 2. The molecule has 20 heavy (non-hydrogen) atoms. The number of esters is 1. The van der Waals surface area contributed by atoms with Crippen LogP contribution in [0.5, 0.6) is 0 Å². The summed E-state index contributed by atoms with van der Waals surface area (Å²) in [6, 6.07) is 5.59. The smallest absolute Gasteiger partial charge is 0.307 e. The maximum atomic E-state index is 12.1. The van der Waals surface area contributed by atoms with Crippen LogP contribution in [0.2, 0.25) is 0 Å². The van der Waals surface area contributed by atoms with E-state index >= 15 is 0 Å². The highest BCUT2D eigenvalue weighted by atomic mass is 16.5. The molecule has 1 aromatic rings. The number of ether oxygens (including phenoxy) is 1. The average Bonchev–Trinajstić information content (AvgIpc) is 2.45. The summed E-state index contributed by atoms with van der Waals surface area (Å²) in [6.45, 7) is 4.89. The highest BCUT2D eigenvalue weighted by Crippen LogP contribution is 2.06. The highest BCUT2D eigenvalue weighted by molar-refractivity contribution is 5.77. The number of rotatable bonds is 8. The lowest BCUT2D eigenvalue weighted by atomic mass is 10.2. The summed E-state index contributed by atoms with van der Waals surface area (Å²) in [7, 11) is 0. The second kappa shape index (κ2) is 9.07. The molecule has 0 atom stereocenters. The standard InChI is InChI=1S/C15H22N2O3/c1-3-7-14(18)17(11-9-15(19)20-4-2)12-13-8-5-6-10-16-13/h5-6,8,10H,3-4,7,9,11-12H2,1-2H3. The molecule has 5 nitrogen and oxygen atoms in total. The Hall–Kier alpha value is -1.91. The fourth-order valence-electron chi connectivity index (χ4n) is 1.81. The summed E-state index contributed by atoms with van der Waals surface area (Å²) < 4.78 is 4.89. The van der Waals surface area contributed by atoms with Crippen LogP contribution in [-0.2, 0) is 20.9 Å². The van der Waals surface area contributed by atoms with E-state index in [-0.39, 0.29) is 18.3 Å². The van der Waals surface area contributed by atoms with E-state index in [2.05, 4.69) is 4.98 Å². The topological polar surface area (TPSA) is 59.5 Å². The minimum atomic E-state index is -0.275. The quantitative estimate of drug-likeness (QED) is 0.684. The van der Waals surface area contributed by atoms with Crippen molar-refractivity contribution >= 4 is 11.9 Å². The van der Waals surface area contributed by atoms with Gasteiger partial charge in [-0.2, -0.15) is 0 Å². The molecule has 5 heteroatoms. The first-order valence-corrected chi connectivity index (χ1v) is 7.00. The van der Waals surface area contributed by atoms with Crippen molar-refractivity contribution in [2.45, 2.75) is 39.7 Å². The molecular weight excluding hydrogens is 256 g/mol. The van der Waals surface area contributed by atoms with E-state index in [4.69, 9.17) is 4.74 Å². The summed E-state index contributed by atoms with van der Waals surface area (Å²) >= 11 is 0. The lowest BCUT2D eigenvalue weighted by Gasteiger charge is -2.21. The molecule has 0 unspecified atom stereocenters. The van der Waals surface area contributed by atoms with E-state index in [0.29, 0.717) is 26.1 Å². The third-order valence-electron chi connectivity index (χ3n) is 2.79. The summed E-state index contributed by atoms with van der Waals surface area (Å²) in [4.78, 5) is 29.4. The summed E-state index contributed by atoms with van der Waals surface area (Å²) in [5, 5.41) is 0. The Bertz CT molecular complexity index is 420. The molecule has 0 bridgehead atoms. The van der Waals surface area contributed by atoms with Crippen LogP contribution in [-0.4, -0.2) is 34.9 Å². The Morgan fingerprint density at radius 1 is 1.25 bits per heavy atom. The second-order valence-electron chi connectivity index (χ2n) is 4.44. The molecule has 0 aliphatic heterocycles. The van der Waals surface area contributed by atoms with Gasteiger partial charge in [0.15, 0.2) is 0 Å². The van der Waals surface area contributed by atoms with Gasteiger partial charge >= 0.3 is 5.97 Å². The Kier molecular flexibility index (Phi) is 7.32. The van der Waals surface area contributed by atoms with Crippen LogP contribution in [0.25, 0.3) is 0 Å². The molecule has 1 rings (SSSR count). The van der Waals surface area contributed by atoms with Crippen LogP contribution in [0.3, 0.4) is 0 Å². The van der Waals surface area contributed by atoms with Crippen molar-refractivity contribution in [3.05, 3.63) is 30.1 Å².